The van der Waals surface area contributed by atoms with Gasteiger partial charge in [0.2, 0.25) is 0 Å². The number of rotatable bonds is 3. The Hall–Kier alpha value is -3.35. The van der Waals surface area contributed by atoms with Gasteiger partial charge in [0.15, 0.2) is 17.2 Å². The Labute approximate surface area is 161 Å². The maximum absolute atomic E-state index is 12.9. The Morgan fingerprint density at radius 1 is 1.11 bits per heavy atom. The molecule has 0 saturated carbocycles. The van der Waals surface area contributed by atoms with E-state index in [-0.39, 0.29) is 23.2 Å². The van der Waals surface area contributed by atoms with Crippen LogP contribution in [-0.4, -0.2) is 28.9 Å². The number of amides is 1. The SMILES string of the molecule is CC(NC(=O)c1nn(C)c(=O)c2ccccc12)c1ccc2c(c1)OCCCO2. The first-order valence-electron chi connectivity index (χ1n) is 9.21. The maximum atomic E-state index is 12.9. The van der Waals surface area contributed by atoms with E-state index in [1.54, 1.807) is 31.3 Å². The van der Waals surface area contributed by atoms with Crippen LogP contribution in [0.4, 0.5) is 0 Å². The van der Waals surface area contributed by atoms with Crippen molar-refractivity contribution in [3.05, 3.63) is 64.1 Å². The lowest BCUT2D eigenvalue weighted by Gasteiger charge is -2.17. The summed E-state index contributed by atoms with van der Waals surface area (Å²) in [7, 11) is 1.54. The van der Waals surface area contributed by atoms with Crippen LogP contribution in [0.2, 0.25) is 0 Å². The third-order valence-electron chi connectivity index (χ3n) is 4.79. The zero-order valence-electron chi connectivity index (χ0n) is 15.8. The molecule has 1 atom stereocenters. The van der Waals surface area contributed by atoms with Crippen molar-refractivity contribution in [3.63, 3.8) is 0 Å². The topological polar surface area (TPSA) is 82.5 Å². The Morgan fingerprint density at radius 2 is 1.82 bits per heavy atom. The normalized spacial score (nSPS) is 14.4. The average Bonchev–Trinajstić information content (AvgIpc) is 2.95. The highest BCUT2D eigenvalue weighted by Gasteiger charge is 2.19. The standard InChI is InChI=1S/C21H21N3O4/c1-13(14-8-9-17-18(12-14)28-11-5-10-27-17)22-20(25)19-15-6-3-4-7-16(15)21(26)24(2)23-19/h3-4,6-9,12-13H,5,10-11H2,1-2H3,(H,22,25). The van der Waals surface area contributed by atoms with Gasteiger partial charge in [-0.25, -0.2) is 4.68 Å². The van der Waals surface area contributed by atoms with E-state index in [9.17, 15) is 9.59 Å². The Morgan fingerprint density at radius 3 is 2.61 bits per heavy atom. The minimum atomic E-state index is -0.341. The second-order valence-electron chi connectivity index (χ2n) is 6.77. The molecular formula is C21H21N3O4. The fourth-order valence-electron chi connectivity index (χ4n) is 3.26. The van der Waals surface area contributed by atoms with Crippen LogP contribution in [-0.2, 0) is 7.05 Å². The minimum Gasteiger partial charge on any atom is -0.490 e. The van der Waals surface area contributed by atoms with Gasteiger partial charge in [0.1, 0.15) is 0 Å². The van der Waals surface area contributed by atoms with Crippen molar-refractivity contribution in [2.24, 2.45) is 7.05 Å². The number of aromatic nitrogens is 2. The molecule has 1 aromatic heterocycles. The van der Waals surface area contributed by atoms with Gasteiger partial charge in [-0.1, -0.05) is 24.3 Å². The molecular weight excluding hydrogens is 358 g/mol. The number of carbonyl (C=O) groups is 1. The largest absolute Gasteiger partial charge is 0.490 e. The zero-order chi connectivity index (χ0) is 19.7. The van der Waals surface area contributed by atoms with Crippen LogP contribution in [0.1, 0.15) is 35.4 Å². The number of carbonyl (C=O) groups excluding carboxylic acids is 1. The van der Waals surface area contributed by atoms with Crippen molar-refractivity contribution >= 4 is 16.7 Å². The number of hydrogen-bond donors (Lipinski definition) is 1. The fourth-order valence-corrected chi connectivity index (χ4v) is 3.26. The van der Waals surface area contributed by atoms with Crippen molar-refractivity contribution in [1.82, 2.24) is 15.1 Å². The Bertz CT molecular complexity index is 1110. The molecule has 4 rings (SSSR count). The molecule has 144 valence electrons. The molecule has 1 N–H and O–H groups in total. The average molecular weight is 379 g/mol. The lowest BCUT2D eigenvalue weighted by atomic mass is 10.1. The Balaban J connectivity index is 1.62. The third kappa shape index (κ3) is 3.31. The van der Waals surface area contributed by atoms with Crippen LogP contribution in [0, 0.1) is 0 Å². The molecule has 2 heterocycles. The molecule has 0 saturated heterocycles. The van der Waals surface area contributed by atoms with E-state index in [0.29, 0.717) is 35.5 Å². The molecule has 1 unspecified atom stereocenters. The van der Waals surface area contributed by atoms with Crippen molar-refractivity contribution in [2.75, 3.05) is 13.2 Å². The molecule has 2 aromatic carbocycles. The molecule has 0 aliphatic carbocycles. The van der Waals surface area contributed by atoms with E-state index in [2.05, 4.69) is 10.4 Å². The molecule has 1 amide bonds. The van der Waals surface area contributed by atoms with Gasteiger partial charge >= 0.3 is 0 Å². The van der Waals surface area contributed by atoms with Crippen LogP contribution >= 0.6 is 0 Å². The lowest BCUT2D eigenvalue weighted by Crippen LogP contribution is -2.31. The summed E-state index contributed by atoms with van der Waals surface area (Å²) in [4.78, 5) is 25.2. The summed E-state index contributed by atoms with van der Waals surface area (Å²) in [5.74, 6) is 1.05. The molecule has 1 aliphatic heterocycles. The summed E-state index contributed by atoms with van der Waals surface area (Å²) in [5, 5.41) is 8.14. The van der Waals surface area contributed by atoms with E-state index in [1.165, 1.54) is 4.68 Å². The first kappa shape index (κ1) is 18.0. The first-order chi connectivity index (χ1) is 13.5. The van der Waals surface area contributed by atoms with E-state index in [0.717, 1.165) is 12.0 Å². The molecule has 1 aliphatic rings. The van der Waals surface area contributed by atoms with Crippen LogP contribution < -0.4 is 20.3 Å². The smallest absolute Gasteiger partial charge is 0.274 e. The highest BCUT2D eigenvalue weighted by Crippen LogP contribution is 2.32. The number of hydrogen-bond acceptors (Lipinski definition) is 5. The van der Waals surface area contributed by atoms with Crippen molar-refractivity contribution < 1.29 is 14.3 Å². The third-order valence-corrected chi connectivity index (χ3v) is 4.79. The van der Waals surface area contributed by atoms with Crippen LogP contribution in [0.15, 0.2) is 47.3 Å². The fraction of sp³-hybridized carbons (Fsp3) is 0.286. The number of nitrogens with zero attached hydrogens (tertiary/aromatic N) is 2. The van der Waals surface area contributed by atoms with E-state index < -0.39 is 0 Å². The molecule has 28 heavy (non-hydrogen) atoms. The highest BCUT2D eigenvalue weighted by molar-refractivity contribution is 6.04. The van der Waals surface area contributed by atoms with Gasteiger partial charge in [-0.05, 0) is 30.7 Å². The number of ether oxygens (including phenoxy) is 2. The molecule has 0 spiro atoms. The predicted molar refractivity (Wildman–Crippen MR) is 105 cm³/mol. The van der Waals surface area contributed by atoms with Crippen LogP contribution in [0.3, 0.4) is 0 Å². The summed E-state index contributed by atoms with van der Waals surface area (Å²) in [6, 6.07) is 12.4. The van der Waals surface area contributed by atoms with E-state index in [4.69, 9.17) is 9.47 Å². The van der Waals surface area contributed by atoms with Crippen molar-refractivity contribution in [2.45, 2.75) is 19.4 Å². The summed E-state index contributed by atoms with van der Waals surface area (Å²) in [6.45, 7) is 3.12. The van der Waals surface area contributed by atoms with Crippen molar-refractivity contribution in [1.29, 1.82) is 0 Å². The molecule has 7 heteroatoms. The number of aryl methyl sites for hydroxylation is 1. The Kier molecular flexibility index (Phi) is 4.73. The molecule has 0 bridgehead atoms. The van der Waals surface area contributed by atoms with E-state index >= 15 is 0 Å². The number of fused-ring (bicyclic) bond motifs is 2. The number of nitrogens with one attached hydrogen (secondary N) is 1. The molecule has 3 aromatic rings. The van der Waals surface area contributed by atoms with Gasteiger partial charge < -0.3 is 14.8 Å². The summed E-state index contributed by atoms with van der Waals surface area (Å²) < 4.78 is 12.6. The molecule has 0 radical (unpaired) electrons. The van der Waals surface area contributed by atoms with Gasteiger partial charge in [0.25, 0.3) is 11.5 Å². The van der Waals surface area contributed by atoms with E-state index in [1.807, 2.05) is 25.1 Å². The first-order valence-corrected chi connectivity index (χ1v) is 9.21. The number of benzene rings is 2. The zero-order valence-corrected chi connectivity index (χ0v) is 15.8. The molecule has 0 fully saturated rings. The second kappa shape index (κ2) is 7.34. The monoisotopic (exact) mass is 379 g/mol. The lowest BCUT2D eigenvalue weighted by molar-refractivity contribution is 0.0934. The summed E-state index contributed by atoms with van der Waals surface area (Å²) in [6.07, 6.45) is 0.835. The summed E-state index contributed by atoms with van der Waals surface area (Å²) >= 11 is 0. The van der Waals surface area contributed by atoms with Gasteiger partial charge in [-0.3, -0.25) is 9.59 Å². The van der Waals surface area contributed by atoms with Gasteiger partial charge in [-0.15, -0.1) is 0 Å². The van der Waals surface area contributed by atoms with Gasteiger partial charge in [0.05, 0.1) is 24.6 Å². The minimum absolute atomic E-state index is 0.221. The van der Waals surface area contributed by atoms with Gasteiger partial charge in [0, 0.05) is 18.9 Å². The van der Waals surface area contributed by atoms with Crippen LogP contribution in [0.25, 0.3) is 10.8 Å². The quantitative estimate of drug-likeness (QED) is 0.756. The maximum Gasteiger partial charge on any atom is 0.274 e. The predicted octanol–water partition coefficient (Wildman–Crippen LogP) is 2.59. The van der Waals surface area contributed by atoms with Gasteiger partial charge in [-0.2, -0.15) is 5.10 Å². The second-order valence-corrected chi connectivity index (χ2v) is 6.77. The van der Waals surface area contributed by atoms with Crippen LogP contribution in [0.5, 0.6) is 11.5 Å². The summed E-state index contributed by atoms with van der Waals surface area (Å²) in [5.41, 5.74) is 0.883. The molecule has 7 nitrogen and oxygen atoms in total. The highest BCUT2D eigenvalue weighted by atomic mass is 16.5. The van der Waals surface area contributed by atoms with Crippen molar-refractivity contribution in [3.8, 4) is 11.5 Å².